The third kappa shape index (κ3) is 4.59. The number of nitrogens with one attached hydrogen (secondary N) is 1. The number of aromatic nitrogens is 1. The van der Waals surface area contributed by atoms with Crippen LogP contribution in [0.4, 0.5) is 5.69 Å². The average molecular weight is 377 g/mol. The van der Waals surface area contributed by atoms with Crippen molar-refractivity contribution < 1.29 is 17.6 Å². The summed E-state index contributed by atoms with van der Waals surface area (Å²) in [5.41, 5.74) is 2.00. The summed E-state index contributed by atoms with van der Waals surface area (Å²) >= 11 is 1.36. The number of fused-ring (bicyclic) bond motifs is 1. The lowest BCUT2D eigenvalue weighted by atomic mass is 10.3. The number of primary sulfonamides is 1. The summed E-state index contributed by atoms with van der Waals surface area (Å²) < 4.78 is 27.9. The van der Waals surface area contributed by atoms with Gasteiger partial charge in [0.2, 0.25) is 15.9 Å². The number of carbonyl (C=O) groups is 1. The fourth-order valence-corrected chi connectivity index (χ4v) is 3.38. The van der Waals surface area contributed by atoms with Crippen LogP contribution in [0, 0.1) is 0 Å². The third-order valence-corrected chi connectivity index (χ3v) is 5.05. The molecular weight excluding hydrogens is 362 g/mol. The van der Waals surface area contributed by atoms with Crippen molar-refractivity contribution in [1.82, 2.24) is 4.98 Å². The van der Waals surface area contributed by atoms with Crippen LogP contribution in [-0.4, -0.2) is 25.1 Å². The van der Waals surface area contributed by atoms with Crippen molar-refractivity contribution in [3.63, 3.8) is 0 Å². The van der Waals surface area contributed by atoms with Gasteiger partial charge in [-0.15, -0.1) is 0 Å². The molecule has 0 aliphatic carbocycles. The predicted octanol–water partition coefficient (Wildman–Crippen LogP) is 2.60. The molecule has 0 fully saturated rings. The van der Waals surface area contributed by atoms with Gasteiger partial charge in [0, 0.05) is 17.9 Å². The maximum atomic E-state index is 11.9. The van der Waals surface area contributed by atoms with Gasteiger partial charge in [0.1, 0.15) is 5.52 Å². The lowest BCUT2D eigenvalue weighted by Crippen LogP contribution is -2.14. The Bertz CT molecular complexity index is 965. The monoisotopic (exact) mass is 377 g/mol. The van der Waals surface area contributed by atoms with Gasteiger partial charge in [0.05, 0.1) is 4.90 Å². The Morgan fingerprint density at radius 2 is 1.88 bits per heavy atom. The zero-order valence-electron chi connectivity index (χ0n) is 13.0. The molecule has 0 bridgehead atoms. The number of anilines is 1. The quantitative estimate of drug-likeness (QED) is 0.638. The fraction of sp³-hybridized carbons (Fsp3) is 0.125. The molecule has 0 radical (unpaired) electrons. The highest BCUT2D eigenvalue weighted by atomic mass is 32.2. The third-order valence-electron chi connectivity index (χ3n) is 3.30. The standard InChI is InChI=1S/C16H15N3O4S2/c17-25(21,22)12-7-5-11(6-8-12)18-15(20)9-10-24-16-19-13-3-1-2-4-14(13)23-16/h1-8H,9-10H2,(H,18,20)(H2,17,21,22). The van der Waals surface area contributed by atoms with Crippen molar-refractivity contribution in [2.24, 2.45) is 5.14 Å². The molecule has 1 amide bonds. The zero-order chi connectivity index (χ0) is 17.9. The van der Waals surface area contributed by atoms with Gasteiger partial charge in [-0.25, -0.2) is 18.5 Å². The molecule has 0 spiro atoms. The van der Waals surface area contributed by atoms with E-state index >= 15 is 0 Å². The minimum absolute atomic E-state index is 0.00276. The maximum Gasteiger partial charge on any atom is 0.256 e. The SMILES string of the molecule is NS(=O)(=O)c1ccc(NC(=O)CCSc2nc3ccccc3o2)cc1. The summed E-state index contributed by atoms with van der Waals surface area (Å²) in [5.74, 6) is 0.320. The van der Waals surface area contributed by atoms with Crippen LogP contribution >= 0.6 is 11.8 Å². The summed E-state index contributed by atoms with van der Waals surface area (Å²) in [6.45, 7) is 0. The van der Waals surface area contributed by atoms with Gasteiger partial charge in [0.15, 0.2) is 5.58 Å². The van der Waals surface area contributed by atoms with E-state index in [1.807, 2.05) is 24.3 Å². The van der Waals surface area contributed by atoms with Crippen molar-refractivity contribution >= 4 is 44.5 Å². The Labute approximate surface area is 148 Å². The smallest absolute Gasteiger partial charge is 0.256 e. The first-order valence-electron chi connectivity index (χ1n) is 7.33. The second-order valence-electron chi connectivity index (χ2n) is 5.16. The van der Waals surface area contributed by atoms with E-state index in [1.54, 1.807) is 0 Å². The van der Waals surface area contributed by atoms with E-state index in [4.69, 9.17) is 9.56 Å². The van der Waals surface area contributed by atoms with Gasteiger partial charge in [-0.2, -0.15) is 0 Å². The van der Waals surface area contributed by atoms with E-state index in [0.717, 1.165) is 5.52 Å². The molecule has 0 aliphatic rings. The van der Waals surface area contributed by atoms with E-state index in [-0.39, 0.29) is 17.2 Å². The Kier molecular flexibility index (Phi) is 5.07. The molecule has 0 unspecified atom stereocenters. The minimum Gasteiger partial charge on any atom is -0.431 e. The van der Waals surface area contributed by atoms with E-state index < -0.39 is 10.0 Å². The minimum atomic E-state index is -3.74. The van der Waals surface area contributed by atoms with Crippen LogP contribution in [0.2, 0.25) is 0 Å². The van der Waals surface area contributed by atoms with Crippen molar-refractivity contribution in [2.75, 3.05) is 11.1 Å². The van der Waals surface area contributed by atoms with Crippen molar-refractivity contribution in [2.45, 2.75) is 16.5 Å². The molecule has 3 rings (SSSR count). The van der Waals surface area contributed by atoms with Crippen molar-refractivity contribution in [3.8, 4) is 0 Å². The lowest BCUT2D eigenvalue weighted by molar-refractivity contribution is -0.115. The summed E-state index contributed by atoms with van der Waals surface area (Å²) in [7, 11) is -3.74. The zero-order valence-corrected chi connectivity index (χ0v) is 14.6. The van der Waals surface area contributed by atoms with E-state index in [1.165, 1.54) is 36.0 Å². The Morgan fingerprint density at radius 1 is 1.16 bits per heavy atom. The van der Waals surface area contributed by atoms with Crippen LogP contribution in [0.5, 0.6) is 0 Å². The van der Waals surface area contributed by atoms with Gasteiger partial charge in [0.25, 0.3) is 5.22 Å². The number of rotatable bonds is 6. The molecule has 0 atom stereocenters. The van der Waals surface area contributed by atoms with Gasteiger partial charge in [-0.3, -0.25) is 4.79 Å². The normalized spacial score (nSPS) is 11.6. The topological polar surface area (TPSA) is 115 Å². The first-order valence-corrected chi connectivity index (χ1v) is 9.86. The summed E-state index contributed by atoms with van der Waals surface area (Å²) in [5, 5.41) is 8.24. The van der Waals surface area contributed by atoms with Gasteiger partial charge >= 0.3 is 0 Å². The highest BCUT2D eigenvalue weighted by Crippen LogP contribution is 2.23. The molecular formula is C16H15N3O4S2. The average Bonchev–Trinajstić information content (AvgIpc) is 2.97. The first-order chi connectivity index (χ1) is 11.9. The summed E-state index contributed by atoms with van der Waals surface area (Å²) in [6.07, 6.45) is 0.264. The van der Waals surface area contributed by atoms with Gasteiger partial charge < -0.3 is 9.73 Å². The molecule has 7 nitrogen and oxygen atoms in total. The van der Waals surface area contributed by atoms with Crippen LogP contribution < -0.4 is 10.5 Å². The molecule has 0 saturated carbocycles. The predicted molar refractivity (Wildman–Crippen MR) is 95.8 cm³/mol. The molecule has 3 aromatic rings. The molecule has 3 N–H and O–H groups in total. The Morgan fingerprint density at radius 3 is 2.56 bits per heavy atom. The van der Waals surface area contributed by atoms with Gasteiger partial charge in [-0.1, -0.05) is 23.9 Å². The number of para-hydroxylation sites is 2. The largest absolute Gasteiger partial charge is 0.431 e. The number of hydrogen-bond donors (Lipinski definition) is 2. The van der Waals surface area contributed by atoms with Crippen molar-refractivity contribution in [3.05, 3.63) is 48.5 Å². The first kappa shape index (κ1) is 17.5. The second-order valence-corrected chi connectivity index (χ2v) is 7.77. The number of nitrogens with zero attached hydrogens (tertiary/aromatic N) is 1. The number of carbonyl (C=O) groups excluding carboxylic acids is 1. The number of hydrogen-bond acceptors (Lipinski definition) is 6. The molecule has 1 heterocycles. The summed E-state index contributed by atoms with van der Waals surface area (Å²) in [4.78, 5) is 16.3. The number of oxazole rings is 1. The van der Waals surface area contributed by atoms with E-state index in [9.17, 15) is 13.2 Å². The molecule has 0 aliphatic heterocycles. The van der Waals surface area contributed by atoms with Crippen LogP contribution in [0.25, 0.3) is 11.1 Å². The van der Waals surface area contributed by atoms with Crippen LogP contribution in [0.3, 0.4) is 0 Å². The Balaban J connectivity index is 1.51. The number of benzene rings is 2. The highest BCUT2D eigenvalue weighted by molar-refractivity contribution is 7.99. The molecule has 25 heavy (non-hydrogen) atoms. The van der Waals surface area contributed by atoms with Crippen LogP contribution in [-0.2, 0) is 14.8 Å². The number of sulfonamides is 1. The van der Waals surface area contributed by atoms with Crippen LogP contribution in [0.1, 0.15) is 6.42 Å². The lowest BCUT2D eigenvalue weighted by Gasteiger charge is -2.05. The highest BCUT2D eigenvalue weighted by Gasteiger charge is 2.09. The van der Waals surface area contributed by atoms with Crippen molar-refractivity contribution in [1.29, 1.82) is 0 Å². The molecule has 2 aromatic carbocycles. The molecule has 130 valence electrons. The van der Waals surface area contributed by atoms with Crippen LogP contribution in [0.15, 0.2) is 63.1 Å². The Hall–Kier alpha value is -2.36. The fourth-order valence-electron chi connectivity index (χ4n) is 2.10. The molecule has 1 aromatic heterocycles. The number of thioether (sulfide) groups is 1. The van der Waals surface area contributed by atoms with E-state index in [2.05, 4.69) is 10.3 Å². The number of nitrogens with two attached hydrogens (primary N) is 1. The maximum absolute atomic E-state index is 11.9. The molecule has 0 saturated heterocycles. The molecule has 9 heteroatoms. The summed E-state index contributed by atoms with van der Waals surface area (Å²) in [6, 6.07) is 13.1. The number of amides is 1. The van der Waals surface area contributed by atoms with Gasteiger partial charge in [-0.05, 0) is 36.4 Å². The van der Waals surface area contributed by atoms with E-state index in [0.29, 0.717) is 22.2 Å². The second kappa shape index (κ2) is 7.26.